The number of amides is 1. The Bertz CT molecular complexity index is 995. The van der Waals surface area contributed by atoms with Gasteiger partial charge < -0.3 is 4.90 Å². The molecule has 0 aliphatic carbocycles. The smallest absolute Gasteiger partial charge is 0.259 e. The quantitative estimate of drug-likeness (QED) is 0.810. The Morgan fingerprint density at radius 3 is 2.59 bits per heavy atom. The predicted octanol–water partition coefficient (Wildman–Crippen LogP) is 3.17. The SMILES string of the molecule is Cc1ccccc1CN1C(=O)C2=C(CCN(Cc3ccccc3)C2)N2CCN=C12. The van der Waals surface area contributed by atoms with E-state index in [2.05, 4.69) is 53.1 Å². The minimum atomic E-state index is 0.123. The number of benzene rings is 2. The van der Waals surface area contributed by atoms with E-state index >= 15 is 0 Å². The molecule has 0 N–H and O–H groups in total. The molecule has 1 amide bonds. The van der Waals surface area contributed by atoms with Crippen molar-refractivity contribution in [1.29, 1.82) is 0 Å². The molecule has 0 spiro atoms. The molecule has 0 atom stereocenters. The predicted molar refractivity (Wildman–Crippen MR) is 114 cm³/mol. The maximum Gasteiger partial charge on any atom is 0.259 e. The van der Waals surface area contributed by atoms with Crippen LogP contribution in [0.1, 0.15) is 23.1 Å². The molecular formula is C24H26N4O. The summed E-state index contributed by atoms with van der Waals surface area (Å²) in [6.07, 6.45) is 0.908. The Morgan fingerprint density at radius 1 is 0.966 bits per heavy atom. The lowest BCUT2D eigenvalue weighted by atomic mass is 9.99. The summed E-state index contributed by atoms with van der Waals surface area (Å²) in [4.78, 5) is 24.8. The average Bonchev–Trinajstić information content (AvgIpc) is 3.23. The highest BCUT2D eigenvalue weighted by Gasteiger charge is 2.40. The number of carbonyl (C=O) groups is 1. The minimum absolute atomic E-state index is 0.123. The standard InChI is InChI=1S/C24H26N4O/c1-18-7-5-6-10-20(18)16-28-23(29)21-17-26(15-19-8-3-2-4-9-19)13-11-22(21)27-14-12-25-24(27)28/h2-10H,11-17H2,1H3. The number of aliphatic imine (C=N–C) groups is 1. The van der Waals surface area contributed by atoms with Gasteiger partial charge in [0.05, 0.1) is 18.7 Å². The van der Waals surface area contributed by atoms with Gasteiger partial charge in [-0.25, -0.2) is 0 Å². The number of rotatable bonds is 4. The maximum absolute atomic E-state index is 13.5. The van der Waals surface area contributed by atoms with Crippen LogP contribution >= 0.6 is 0 Å². The van der Waals surface area contributed by atoms with Gasteiger partial charge in [-0.2, -0.15) is 0 Å². The molecule has 29 heavy (non-hydrogen) atoms. The fourth-order valence-electron chi connectivity index (χ4n) is 4.55. The Morgan fingerprint density at radius 2 is 1.76 bits per heavy atom. The normalized spacial score (nSPS) is 19.3. The van der Waals surface area contributed by atoms with Crippen LogP contribution in [0, 0.1) is 6.92 Å². The lowest BCUT2D eigenvalue weighted by molar-refractivity contribution is -0.125. The van der Waals surface area contributed by atoms with Crippen LogP contribution in [0.4, 0.5) is 0 Å². The molecule has 5 nitrogen and oxygen atoms in total. The second kappa shape index (κ2) is 7.48. The second-order valence-electron chi connectivity index (χ2n) is 8.02. The monoisotopic (exact) mass is 386 g/mol. The number of aryl methyl sites for hydroxylation is 1. The van der Waals surface area contributed by atoms with Crippen molar-refractivity contribution < 1.29 is 4.79 Å². The summed E-state index contributed by atoms with van der Waals surface area (Å²) in [5.74, 6) is 0.964. The molecule has 0 fully saturated rings. The molecule has 0 aromatic heterocycles. The summed E-state index contributed by atoms with van der Waals surface area (Å²) in [5.41, 5.74) is 5.81. The number of guanidine groups is 1. The summed E-state index contributed by atoms with van der Waals surface area (Å²) in [7, 11) is 0. The summed E-state index contributed by atoms with van der Waals surface area (Å²) in [6, 6.07) is 18.8. The Balaban J connectivity index is 1.42. The Kier molecular flexibility index (Phi) is 4.68. The summed E-state index contributed by atoms with van der Waals surface area (Å²) < 4.78 is 0. The molecule has 3 aliphatic rings. The molecule has 148 valence electrons. The number of carbonyl (C=O) groups excluding carboxylic acids is 1. The highest BCUT2D eigenvalue weighted by Crippen LogP contribution is 2.32. The zero-order valence-corrected chi connectivity index (χ0v) is 16.8. The van der Waals surface area contributed by atoms with Gasteiger partial charge in [-0.3, -0.25) is 19.6 Å². The first-order chi connectivity index (χ1) is 14.2. The molecule has 5 heteroatoms. The van der Waals surface area contributed by atoms with E-state index in [-0.39, 0.29) is 5.91 Å². The molecule has 2 aromatic rings. The van der Waals surface area contributed by atoms with Gasteiger partial charge in [0.15, 0.2) is 0 Å². The van der Waals surface area contributed by atoms with Crippen molar-refractivity contribution in [2.75, 3.05) is 26.2 Å². The molecule has 0 saturated carbocycles. The van der Waals surface area contributed by atoms with Crippen LogP contribution in [0.25, 0.3) is 0 Å². The summed E-state index contributed by atoms with van der Waals surface area (Å²) in [6.45, 7) is 6.88. The number of hydrogen-bond donors (Lipinski definition) is 0. The average molecular weight is 386 g/mol. The van der Waals surface area contributed by atoms with Crippen LogP contribution in [0.15, 0.2) is 70.9 Å². The van der Waals surface area contributed by atoms with Crippen LogP contribution in [-0.4, -0.2) is 52.7 Å². The molecule has 5 rings (SSSR count). The second-order valence-corrected chi connectivity index (χ2v) is 8.02. The van der Waals surface area contributed by atoms with E-state index in [0.717, 1.165) is 44.1 Å². The highest BCUT2D eigenvalue weighted by molar-refractivity contribution is 6.09. The van der Waals surface area contributed by atoms with E-state index in [4.69, 9.17) is 4.99 Å². The molecule has 3 aliphatic heterocycles. The van der Waals surface area contributed by atoms with E-state index in [9.17, 15) is 4.79 Å². The van der Waals surface area contributed by atoms with Crippen molar-refractivity contribution in [2.24, 2.45) is 4.99 Å². The van der Waals surface area contributed by atoms with Gasteiger partial charge in [0.25, 0.3) is 5.91 Å². The number of hydrogen-bond acceptors (Lipinski definition) is 4. The minimum Gasteiger partial charge on any atom is -0.314 e. The van der Waals surface area contributed by atoms with Crippen molar-refractivity contribution in [2.45, 2.75) is 26.4 Å². The van der Waals surface area contributed by atoms with Crippen LogP contribution in [0.5, 0.6) is 0 Å². The lowest BCUT2D eigenvalue weighted by Crippen LogP contribution is -2.53. The summed E-state index contributed by atoms with van der Waals surface area (Å²) >= 11 is 0. The number of nitrogens with zero attached hydrogens (tertiary/aromatic N) is 4. The highest BCUT2D eigenvalue weighted by atomic mass is 16.2. The number of fused-ring (bicyclic) bond motifs is 2. The van der Waals surface area contributed by atoms with E-state index < -0.39 is 0 Å². The molecule has 0 bridgehead atoms. The fraction of sp³-hybridized carbons (Fsp3) is 0.333. The third kappa shape index (κ3) is 3.36. The van der Waals surface area contributed by atoms with Crippen molar-refractivity contribution in [3.8, 4) is 0 Å². The van der Waals surface area contributed by atoms with Crippen LogP contribution in [-0.2, 0) is 17.9 Å². The van der Waals surface area contributed by atoms with Gasteiger partial charge in [0.2, 0.25) is 5.96 Å². The van der Waals surface area contributed by atoms with Crippen LogP contribution in [0.3, 0.4) is 0 Å². The van der Waals surface area contributed by atoms with Gasteiger partial charge in [-0.05, 0) is 23.6 Å². The molecule has 0 saturated heterocycles. The van der Waals surface area contributed by atoms with E-state index in [0.29, 0.717) is 13.1 Å². The zero-order valence-electron chi connectivity index (χ0n) is 16.8. The molecule has 3 heterocycles. The fourth-order valence-corrected chi connectivity index (χ4v) is 4.55. The van der Waals surface area contributed by atoms with Crippen molar-refractivity contribution >= 4 is 11.9 Å². The Labute approximate surface area is 171 Å². The zero-order chi connectivity index (χ0) is 19.8. The van der Waals surface area contributed by atoms with Crippen molar-refractivity contribution in [3.05, 3.63) is 82.6 Å². The third-order valence-corrected chi connectivity index (χ3v) is 6.12. The van der Waals surface area contributed by atoms with Crippen molar-refractivity contribution in [1.82, 2.24) is 14.7 Å². The van der Waals surface area contributed by atoms with Gasteiger partial charge in [-0.1, -0.05) is 54.6 Å². The van der Waals surface area contributed by atoms with Gasteiger partial charge >= 0.3 is 0 Å². The Hall–Kier alpha value is -2.92. The van der Waals surface area contributed by atoms with E-state index in [1.165, 1.54) is 22.4 Å². The largest absolute Gasteiger partial charge is 0.314 e. The first-order valence-corrected chi connectivity index (χ1v) is 10.4. The lowest BCUT2D eigenvalue weighted by Gasteiger charge is -2.42. The summed E-state index contributed by atoms with van der Waals surface area (Å²) in [5, 5.41) is 0. The molecule has 0 unspecified atom stereocenters. The molecule has 0 radical (unpaired) electrons. The van der Waals surface area contributed by atoms with Crippen molar-refractivity contribution in [3.63, 3.8) is 0 Å². The third-order valence-electron chi connectivity index (χ3n) is 6.12. The van der Waals surface area contributed by atoms with Gasteiger partial charge in [0, 0.05) is 38.3 Å². The van der Waals surface area contributed by atoms with E-state index in [1.807, 2.05) is 23.1 Å². The topological polar surface area (TPSA) is 39.2 Å². The first-order valence-electron chi connectivity index (χ1n) is 10.4. The van der Waals surface area contributed by atoms with E-state index in [1.54, 1.807) is 0 Å². The van der Waals surface area contributed by atoms with Gasteiger partial charge in [0.1, 0.15) is 0 Å². The van der Waals surface area contributed by atoms with Gasteiger partial charge in [-0.15, -0.1) is 0 Å². The first kappa shape index (κ1) is 18.1. The molecular weight excluding hydrogens is 360 g/mol. The van der Waals surface area contributed by atoms with Crippen LogP contribution < -0.4 is 0 Å². The van der Waals surface area contributed by atoms with Crippen LogP contribution in [0.2, 0.25) is 0 Å². The molecule has 2 aromatic carbocycles. The maximum atomic E-state index is 13.5.